The summed E-state index contributed by atoms with van der Waals surface area (Å²) in [5.74, 6) is 0.0271. The van der Waals surface area contributed by atoms with Crippen LogP contribution in [-0.4, -0.2) is 34.1 Å². The molecule has 3 aromatic carbocycles. The predicted molar refractivity (Wildman–Crippen MR) is 124 cm³/mol. The van der Waals surface area contributed by atoms with Crippen LogP contribution in [0, 0.1) is 5.82 Å². The van der Waals surface area contributed by atoms with Crippen LogP contribution >= 0.6 is 0 Å². The van der Waals surface area contributed by atoms with Crippen molar-refractivity contribution in [2.45, 2.75) is 18.2 Å². The number of nitrogens with one attached hydrogen (secondary N) is 2. The lowest BCUT2D eigenvalue weighted by Gasteiger charge is -2.10. The monoisotopic (exact) mass is 472 g/mol. The number of amides is 1. The van der Waals surface area contributed by atoms with Gasteiger partial charge in [0, 0.05) is 17.8 Å². The summed E-state index contributed by atoms with van der Waals surface area (Å²) in [5, 5.41) is 2.75. The summed E-state index contributed by atoms with van der Waals surface area (Å²) in [5.41, 5.74) is 0.716. The van der Waals surface area contributed by atoms with Crippen molar-refractivity contribution < 1.29 is 27.1 Å². The number of carbonyl (C=O) groups excluding carboxylic acids is 1. The van der Waals surface area contributed by atoms with Gasteiger partial charge >= 0.3 is 0 Å². The predicted octanol–water partition coefficient (Wildman–Crippen LogP) is 4.22. The SMILES string of the molecule is CCOc1ccc(S(=O)(=O)Nc2ccc(C(=O)NCCCOc3ccccc3F)cc2)cc1. The van der Waals surface area contributed by atoms with Crippen LogP contribution in [-0.2, 0) is 10.0 Å². The zero-order valence-electron chi connectivity index (χ0n) is 18.1. The summed E-state index contributed by atoms with van der Waals surface area (Å²) in [4.78, 5) is 12.4. The zero-order chi connectivity index (χ0) is 23.7. The molecule has 0 bridgehead atoms. The second-order valence-corrected chi connectivity index (χ2v) is 8.66. The fraction of sp³-hybridized carbons (Fsp3) is 0.208. The van der Waals surface area contributed by atoms with Crippen LogP contribution in [0.25, 0.3) is 0 Å². The molecule has 0 aromatic heterocycles. The van der Waals surface area contributed by atoms with Crippen molar-refractivity contribution in [2.24, 2.45) is 0 Å². The van der Waals surface area contributed by atoms with Gasteiger partial charge in [0.2, 0.25) is 0 Å². The molecule has 3 rings (SSSR count). The lowest BCUT2D eigenvalue weighted by atomic mass is 10.2. The Morgan fingerprint density at radius 2 is 1.64 bits per heavy atom. The van der Waals surface area contributed by atoms with E-state index in [-0.39, 0.29) is 23.2 Å². The van der Waals surface area contributed by atoms with Crippen molar-refractivity contribution in [3.63, 3.8) is 0 Å². The van der Waals surface area contributed by atoms with E-state index >= 15 is 0 Å². The van der Waals surface area contributed by atoms with Crippen LogP contribution in [0.5, 0.6) is 11.5 Å². The third-order valence-corrected chi connectivity index (χ3v) is 5.94. The van der Waals surface area contributed by atoms with Gasteiger partial charge in [-0.05, 0) is 74.0 Å². The molecule has 1 amide bonds. The molecular formula is C24H25FN2O5S. The van der Waals surface area contributed by atoms with Crippen molar-refractivity contribution in [1.82, 2.24) is 5.32 Å². The molecule has 0 saturated heterocycles. The standard InChI is InChI=1S/C24H25FN2O5S/c1-2-31-20-12-14-21(15-13-20)33(29,30)27-19-10-8-18(9-11-19)24(28)26-16-5-17-32-23-7-4-3-6-22(23)25/h3-4,6-15,27H,2,5,16-17H2,1H3,(H,26,28). The van der Waals surface area contributed by atoms with Gasteiger partial charge in [-0.2, -0.15) is 0 Å². The molecule has 3 aromatic rings. The minimum absolute atomic E-state index is 0.102. The average Bonchev–Trinajstić information content (AvgIpc) is 2.81. The number of sulfonamides is 1. The maximum atomic E-state index is 13.5. The van der Waals surface area contributed by atoms with E-state index in [1.165, 1.54) is 42.5 Å². The normalized spacial score (nSPS) is 11.0. The van der Waals surface area contributed by atoms with E-state index in [0.29, 0.717) is 36.6 Å². The highest BCUT2D eigenvalue weighted by Crippen LogP contribution is 2.20. The van der Waals surface area contributed by atoms with Crippen LogP contribution in [0.15, 0.2) is 77.7 Å². The molecule has 0 aliphatic carbocycles. The number of anilines is 1. The summed E-state index contributed by atoms with van der Waals surface area (Å²) < 4.78 is 51.7. The Hall–Kier alpha value is -3.59. The van der Waals surface area contributed by atoms with Crippen LogP contribution in [0.4, 0.5) is 10.1 Å². The zero-order valence-corrected chi connectivity index (χ0v) is 18.9. The third kappa shape index (κ3) is 6.95. The lowest BCUT2D eigenvalue weighted by molar-refractivity contribution is 0.0951. The molecular weight excluding hydrogens is 447 g/mol. The van der Waals surface area contributed by atoms with E-state index in [1.54, 1.807) is 30.3 Å². The first-order valence-electron chi connectivity index (χ1n) is 10.4. The smallest absolute Gasteiger partial charge is 0.261 e. The number of hydrogen-bond donors (Lipinski definition) is 2. The molecule has 0 aliphatic rings. The lowest BCUT2D eigenvalue weighted by Crippen LogP contribution is -2.25. The second kappa shape index (κ2) is 11.3. The van der Waals surface area contributed by atoms with Gasteiger partial charge in [0.15, 0.2) is 11.6 Å². The maximum Gasteiger partial charge on any atom is 0.261 e. The van der Waals surface area contributed by atoms with Crippen molar-refractivity contribution in [1.29, 1.82) is 0 Å². The molecule has 0 unspecified atom stereocenters. The van der Waals surface area contributed by atoms with Gasteiger partial charge in [-0.25, -0.2) is 12.8 Å². The number of hydrogen-bond acceptors (Lipinski definition) is 5. The summed E-state index contributed by atoms with van der Waals surface area (Å²) in [7, 11) is -3.77. The fourth-order valence-electron chi connectivity index (χ4n) is 2.91. The van der Waals surface area contributed by atoms with E-state index in [4.69, 9.17) is 9.47 Å². The Labute approximate surface area is 192 Å². The van der Waals surface area contributed by atoms with E-state index in [9.17, 15) is 17.6 Å². The fourth-order valence-corrected chi connectivity index (χ4v) is 3.96. The second-order valence-electron chi connectivity index (χ2n) is 6.98. The van der Waals surface area contributed by atoms with Gasteiger partial charge in [0.05, 0.1) is 18.1 Å². The molecule has 9 heteroatoms. The molecule has 7 nitrogen and oxygen atoms in total. The molecule has 0 heterocycles. The molecule has 0 atom stereocenters. The average molecular weight is 473 g/mol. The first kappa shape index (κ1) is 24.1. The molecule has 2 N–H and O–H groups in total. The van der Waals surface area contributed by atoms with Gasteiger partial charge in [-0.15, -0.1) is 0 Å². The largest absolute Gasteiger partial charge is 0.494 e. The van der Waals surface area contributed by atoms with Crippen molar-refractivity contribution in [3.8, 4) is 11.5 Å². The van der Waals surface area contributed by atoms with Crippen LogP contribution in [0.2, 0.25) is 0 Å². The minimum atomic E-state index is -3.77. The number of halogens is 1. The Morgan fingerprint density at radius 3 is 2.30 bits per heavy atom. The van der Waals surface area contributed by atoms with E-state index in [1.807, 2.05) is 6.92 Å². The first-order chi connectivity index (χ1) is 15.9. The summed E-state index contributed by atoms with van der Waals surface area (Å²) >= 11 is 0. The van der Waals surface area contributed by atoms with E-state index in [2.05, 4.69) is 10.0 Å². The van der Waals surface area contributed by atoms with Crippen molar-refractivity contribution in [2.75, 3.05) is 24.5 Å². The Bertz CT molecular complexity index is 1170. The number of ether oxygens (including phenoxy) is 2. The van der Waals surface area contributed by atoms with Gasteiger partial charge in [-0.3, -0.25) is 9.52 Å². The number of rotatable bonds is 11. The third-order valence-electron chi connectivity index (χ3n) is 4.55. The Balaban J connectivity index is 1.47. The molecule has 0 radical (unpaired) electrons. The van der Waals surface area contributed by atoms with E-state index in [0.717, 1.165) is 0 Å². The topological polar surface area (TPSA) is 93.7 Å². The molecule has 0 fully saturated rings. The highest BCUT2D eigenvalue weighted by atomic mass is 32.2. The molecule has 174 valence electrons. The summed E-state index contributed by atoms with van der Waals surface area (Å²) in [6, 6.07) is 18.3. The summed E-state index contributed by atoms with van der Waals surface area (Å²) in [6.07, 6.45) is 0.500. The number of benzene rings is 3. The molecule has 0 spiro atoms. The van der Waals surface area contributed by atoms with Crippen LogP contribution < -0.4 is 19.5 Å². The van der Waals surface area contributed by atoms with Crippen LogP contribution in [0.1, 0.15) is 23.7 Å². The van der Waals surface area contributed by atoms with E-state index < -0.39 is 15.8 Å². The minimum Gasteiger partial charge on any atom is -0.494 e. The number of carbonyl (C=O) groups is 1. The number of para-hydroxylation sites is 1. The summed E-state index contributed by atoms with van der Waals surface area (Å²) in [6.45, 7) is 2.94. The maximum absolute atomic E-state index is 13.5. The van der Waals surface area contributed by atoms with Gasteiger partial charge in [0.25, 0.3) is 15.9 Å². The molecule has 0 saturated carbocycles. The highest BCUT2D eigenvalue weighted by molar-refractivity contribution is 7.92. The van der Waals surface area contributed by atoms with Crippen molar-refractivity contribution >= 4 is 21.6 Å². The van der Waals surface area contributed by atoms with Crippen LogP contribution in [0.3, 0.4) is 0 Å². The first-order valence-corrected chi connectivity index (χ1v) is 11.9. The quantitative estimate of drug-likeness (QED) is 0.408. The van der Waals surface area contributed by atoms with Crippen molar-refractivity contribution in [3.05, 3.63) is 84.2 Å². The highest BCUT2D eigenvalue weighted by Gasteiger charge is 2.15. The Morgan fingerprint density at radius 1 is 0.939 bits per heavy atom. The molecule has 33 heavy (non-hydrogen) atoms. The van der Waals surface area contributed by atoms with Gasteiger partial charge in [-0.1, -0.05) is 12.1 Å². The molecule has 0 aliphatic heterocycles. The van der Waals surface area contributed by atoms with Gasteiger partial charge < -0.3 is 14.8 Å². The Kier molecular flexibility index (Phi) is 8.26. The van der Waals surface area contributed by atoms with Gasteiger partial charge in [0.1, 0.15) is 5.75 Å².